The van der Waals surface area contributed by atoms with Crippen molar-refractivity contribution in [2.75, 3.05) is 5.32 Å². The maximum Gasteiger partial charge on any atom is 0.573 e. The van der Waals surface area contributed by atoms with Crippen molar-refractivity contribution in [3.8, 4) is 16.9 Å². The predicted molar refractivity (Wildman–Crippen MR) is 118 cm³/mol. The first-order valence-electron chi connectivity index (χ1n) is 10.2. The van der Waals surface area contributed by atoms with Crippen LogP contribution in [0.1, 0.15) is 24.8 Å². The van der Waals surface area contributed by atoms with Crippen LogP contribution in [-0.2, 0) is 10.7 Å². The summed E-state index contributed by atoms with van der Waals surface area (Å²) in [6, 6.07) is 15.9. The fourth-order valence-corrected chi connectivity index (χ4v) is 4.77. The highest BCUT2D eigenvalue weighted by molar-refractivity contribution is 7.22. The molecule has 4 nitrogen and oxygen atoms in total. The first-order chi connectivity index (χ1) is 15.7. The summed E-state index contributed by atoms with van der Waals surface area (Å²) in [5.41, 5.74) is 1.66. The summed E-state index contributed by atoms with van der Waals surface area (Å²) in [7, 11) is 0. The van der Waals surface area contributed by atoms with E-state index in [1.807, 2.05) is 12.1 Å². The number of halogens is 4. The number of thiazole rings is 1. The van der Waals surface area contributed by atoms with Gasteiger partial charge in [-0.3, -0.25) is 0 Å². The minimum Gasteiger partial charge on any atom is -0.406 e. The molecule has 9 heteroatoms. The van der Waals surface area contributed by atoms with E-state index in [0.717, 1.165) is 17.7 Å². The smallest absolute Gasteiger partial charge is 0.406 e. The van der Waals surface area contributed by atoms with Crippen LogP contribution >= 0.6 is 11.3 Å². The van der Waals surface area contributed by atoms with E-state index in [-0.39, 0.29) is 11.3 Å². The Morgan fingerprint density at radius 2 is 1.70 bits per heavy atom. The Morgan fingerprint density at radius 1 is 0.970 bits per heavy atom. The zero-order valence-electron chi connectivity index (χ0n) is 17.1. The molecule has 0 amide bonds. The van der Waals surface area contributed by atoms with Crippen molar-refractivity contribution in [3.63, 3.8) is 0 Å². The highest BCUT2D eigenvalue weighted by Gasteiger charge is 2.40. The highest BCUT2D eigenvalue weighted by atomic mass is 32.1. The fraction of sp³-hybridized carbons (Fsp3) is 0.208. The molecule has 0 bridgehead atoms. The molecule has 1 radical (unpaired) electrons. The summed E-state index contributed by atoms with van der Waals surface area (Å²) >= 11 is 1.20. The van der Waals surface area contributed by atoms with Crippen LogP contribution in [0.15, 0.2) is 60.7 Å². The molecule has 1 saturated carbocycles. The number of alkyl halides is 3. The lowest BCUT2D eigenvalue weighted by molar-refractivity contribution is -0.274. The van der Waals surface area contributed by atoms with E-state index in [1.54, 1.807) is 24.3 Å². The van der Waals surface area contributed by atoms with Gasteiger partial charge in [-0.1, -0.05) is 35.6 Å². The van der Waals surface area contributed by atoms with Crippen LogP contribution in [0.3, 0.4) is 0 Å². The SMILES string of the molecule is [O]C1(c2ccc(-c3ccc(Nc4nc5ccc(OC(F)(F)F)cc5s4)cc3)cc2F)CCC1. The van der Waals surface area contributed by atoms with Gasteiger partial charge in [-0.05, 0) is 60.7 Å². The Balaban J connectivity index is 1.32. The molecule has 1 fully saturated rings. The lowest BCUT2D eigenvalue weighted by Gasteiger charge is -2.34. The van der Waals surface area contributed by atoms with Gasteiger partial charge in [0.2, 0.25) is 0 Å². The van der Waals surface area contributed by atoms with E-state index >= 15 is 0 Å². The minimum atomic E-state index is -4.75. The molecule has 1 heterocycles. The fourth-order valence-electron chi connectivity index (χ4n) is 3.86. The van der Waals surface area contributed by atoms with E-state index in [4.69, 9.17) is 0 Å². The lowest BCUT2D eigenvalue weighted by atomic mass is 9.74. The zero-order chi connectivity index (χ0) is 23.2. The van der Waals surface area contributed by atoms with Gasteiger partial charge in [-0.2, -0.15) is 0 Å². The molecule has 0 atom stereocenters. The van der Waals surface area contributed by atoms with Gasteiger partial charge in [0, 0.05) is 17.3 Å². The molecule has 1 aliphatic carbocycles. The zero-order valence-corrected chi connectivity index (χ0v) is 17.9. The van der Waals surface area contributed by atoms with Crippen molar-refractivity contribution < 1.29 is 27.4 Å². The average Bonchev–Trinajstić information content (AvgIpc) is 3.13. The van der Waals surface area contributed by atoms with Crippen LogP contribution in [0, 0.1) is 5.82 Å². The third kappa shape index (κ3) is 4.51. The summed E-state index contributed by atoms with van der Waals surface area (Å²) in [4.78, 5) is 4.38. The van der Waals surface area contributed by atoms with Crippen molar-refractivity contribution in [1.82, 2.24) is 4.98 Å². The number of ether oxygens (including phenoxy) is 1. The summed E-state index contributed by atoms with van der Waals surface area (Å²) in [5, 5.41) is 16.1. The number of nitrogens with one attached hydrogen (secondary N) is 1. The molecular weight excluding hydrogens is 456 g/mol. The van der Waals surface area contributed by atoms with Crippen molar-refractivity contribution in [2.24, 2.45) is 0 Å². The van der Waals surface area contributed by atoms with Gasteiger partial charge in [0.15, 0.2) is 5.13 Å². The molecule has 1 aromatic heterocycles. The van der Waals surface area contributed by atoms with Crippen molar-refractivity contribution in [2.45, 2.75) is 31.2 Å². The Bertz CT molecular complexity index is 1310. The highest BCUT2D eigenvalue weighted by Crippen LogP contribution is 2.43. The molecule has 0 spiro atoms. The average molecular weight is 473 g/mol. The first kappa shape index (κ1) is 21.7. The Morgan fingerprint density at radius 3 is 2.33 bits per heavy atom. The van der Waals surface area contributed by atoms with Crippen LogP contribution in [-0.4, -0.2) is 11.3 Å². The Hall–Kier alpha value is -3.17. The van der Waals surface area contributed by atoms with Crippen LogP contribution in [0.25, 0.3) is 21.3 Å². The van der Waals surface area contributed by atoms with Gasteiger partial charge in [0.1, 0.15) is 17.2 Å². The minimum absolute atomic E-state index is 0.232. The second-order valence-electron chi connectivity index (χ2n) is 7.94. The molecule has 5 rings (SSSR count). The molecule has 0 saturated heterocycles. The summed E-state index contributed by atoms with van der Waals surface area (Å²) in [6.07, 6.45) is -2.99. The number of anilines is 2. The van der Waals surface area contributed by atoms with E-state index in [0.29, 0.717) is 33.8 Å². The second kappa shape index (κ2) is 8.00. The lowest BCUT2D eigenvalue weighted by Crippen LogP contribution is -2.33. The Kier molecular flexibility index (Phi) is 5.25. The first-order valence-corrected chi connectivity index (χ1v) is 11.0. The van der Waals surface area contributed by atoms with Gasteiger partial charge in [-0.15, -0.1) is 13.2 Å². The topological polar surface area (TPSA) is 54.0 Å². The van der Waals surface area contributed by atoms with Gasteiger partial charge in [0.05, 0.1) is 10.2 Å². The third-order valence-corrected chi connectivity index (χ3v) is 6.62. The summed E-state index contributed by atoms with van der Waals surface area (Å²) in [6.45, 7) is 0. The number of hydrogen-bond acceptors (Lipinski definition) is 4. The van der Waals surface area contributed by atoms with E-state index < -0.39 is 17.8 Å². The van der Waals surface area contributed by atoms with Crippen LogP contribution in [0.2, 0.25) is 0 Å². The molecule has 169 valence electrons. The van der Waals surface area contributed by atoms with Gasteiger partial charge in [-0.25, -0.2) is 14.5 Å². The monoisotopic (exact) mass is 473 g/mol. The predicted octanol–water partition coefficient (Wildman–Crippen LogP) is 7.55. The van der Waals surface area contributed by atoms with Gasteiger partial charge < -0.3 is 10.1 Å². The maximum absolute atomic E-state index is 14.5. The van der Waals surface area contributed by atoms with E-state index in [1.165, 1.54) is 35.6 Å². The number of nitrogens with zero attached hydrogens (tertiary/aromatic N) is 1. The third-order valence-electron chi connectivity index (χ3n) is 5.68. The number of benzene rings is 3. The molecule has 33 heavy (non-hydrogen) atoms. The van der Waals surface area contributed by atoms with Crippen LogP contribution in [0.4, 0.5) is 28.4 Å². The number of aromatic nitrogens is 1. The molecule has 1 aliphatic rings. The van der Waals surface area contributed by atoms with Crippen LogP contribution < -0.4 is 10.1 Å². The molecule has 3 aromatic carbocycles. The number of rotatable bonds is 5. The molecule has 0 aliphatic heterocycles. The second-order valence-corrected chi connectivity index (χ2v) is 8.97. The molecular formula is C24H17F4N2O2S. The standard InChI is InChI=1S/C24H17F4N2O2S/c25-19-12-15(4-8-18(19)23(31)10-1-11-23)14-2-5-16(6-3-14)29-22-30-20-9-7-17(13-21(20)33-22)32-24(26,27)28/h2-9,12-13H,1,10-11H2,(H,29,30). The summed E-state index contributed by atoms with van der Waals surface area (Å²) in [5.74, 6) is -0.777. The largest absolute Gasteiger partial charge is 0.573 e. The van der Waals surface area contributed by atoms with Crippen molar-refractivity contribution in [1.29, 1.82) is 0 Å². The van der Waals surface area contributed by atoms with Crippen LogP contribution in [0.5, 0.6) is 5.75 Å². The molecule has 1 N–H and O–H groups in total. The molecule has 4 aromatic rings. The maximum atomic E-state index is 14.5. The summed E-state index contributed by atoms with van der Waals surface area (Å²) < 4.78 is 56.3. The quantitative estimate of drug-likeness (QED) is 0.305. The van der Waals surface area contributed by atoms with Crippen molar-refractivity contribution >= 4 is 32.4 Å². The van der Waals surface area contributed by atoms with E-state index in [9.17, 15) is 22.7 Å². The van der Waals surface area contributed by atoms with Gasteiger partial charge in [0.25, 0.3) is 0 Å². The van der Waals surface area contributed by atoms with E-state index in [2.05, 4.69) is 15.0 Å². The number of hydrogen-bond donors (Lipinski definition) is 1. The Labute approximate surface area is 190 Å². The molecule has 0 unspecified atom stereocenters. The van der Waals surface area contributed by atoms with Gasteiger partial charge >= 0.3 is 6.36 Å². The number of fused-ring (bicyclic) bond motifs is 1. The van der Waals surface area contributed by atoms with Crippen molar-refractivity contribution in [3.05, 3.63) is 72.0 Å². The normalized spacial score (nSPS) is 15.3.